The highest BCUT2D eigenvalue weighted by molar-refractivity contribution is 6.13. The van der Waals surface area contributed by atoms with Crippen molar-refractivity contribution in [3.63, 3.8) is 0 Å². The molecule has 0 unspecified atom stereocenters. The van der Waals surface area contributed by atoms with Crippen LogP contribution in [-0.4, -0.2) is 34.0 Å². The third-order valence-corrected chi connectivity index (χ3v) is 3.74. The minimum absolute atomic E-state index is 0.201. The van der Waals surface area contributed by atoms with E-state index in [0.717, 1.165) is 27.4 Å². The van der Waals surface area contributed by atoms with Crippen molar-refractivity contribution in [1.82, 2.24) is 14.9 Å². The van der Waals surface area contributed by atoms with Crippen molar-refractivity contribution in [3.05, 3.63) is 68.2 Å². The van der Waals surface area contributed by atoms with Gasteiger partial charge in [-0.25, -0.2) is 4.79 Å². The lowest BCUT2D eigenvalue weighted by molar-refractivity contribution is 0.222. The second-order valence-corrected chi connectivity index (χ2v) is 5.33. The standard InChI is InChI=1S/C19H18N4O/c1-3-10-23(11-4-2)19(24)22-17-12-14-7-9-20-13-16(14)18-15(17)6-5-8-21-18/h3-9,12-13H,1-2,10-11H2,(H,22,24). The maximum atomic E-state index is 12.6. The van der Waals surface area contributed by atoms with Gasteiger partial charge in [0.15, 0.2) is 0 Å². The monoisotopic (exact) mass is 318 g/mol. The molecule has 0 saturated carbocycles. The Balaban J connectivity index is 2.06. The summed E-state index contributed by atoms with van der Waals surface area (Å²) in [6.07, 6.45) is 8.63. The number of benzene rings is 1. The maximum Gasteiger partial charge on any atom is 0.322 e. The van der Waals surface area contributed by atoms with Crippen LogP contribution in [0.5, 0.6) is 0 Å². The molecule has 1 N–H and O–H groups in total. The molecule has 2 aromatic heterocycles. The SMILES string of the molecule is C=CCN(CC=C)C(=O)Nc1cc2ccncc2c2ncccc12. The molecule has 0 bridgehead atoms. The Kier molecular flexibility index (Phi) is 4.52. The van der Waals surface area contributed by atoms with Gasteiger partial charge in [0.05, 0.1) is 11.2 Å². The summed E-state index contributed by atoms with van der Waals surface area (Å²) in [5.74, 6) is 0. The van der Waals surface area contributed by atoms with Crippen LogP contribution in [0.1, 0.15) is 0 Å². The lowest BCUT2D eigenvalue weighted by Gasteiger charge is -2.20. The number of fused-ring (bicyclic) bond motifs is 3. The molecule has 0 saturated heterocycles. The molecular weight excluding hydrogens is 300 g/mol. The van der Waals surface area contributed by atoms with Crippen molar-refractivity contribution >= 4 is 33.4 Å². The quantitative estimate of drug-likeness (QED) is 0.571. The van der Waals surface area contributed by atoms with Gasteiger partial charge in [0.25, 0.3) is 0 Å². The van der Waals surface area contributed by atoms with Crippen LogP contribution < -0.4 is 5.32 Å². The highest BCUT2D eigenvalue weighted by Crippen LogP contribution is 2.30. The van der Waals surface area contributed by atoms with E-state index in [-0.39, 0.29) is 6.03 Å². The van der Waals surface area contributed by atoms with E-state index in [1.54, 1.807) is 35.6 Å². The Hall–Kier alpha value is -3.21. The smallest absolute Gasteiger partial charge is 0.317 e. The van der Waals surface area contributed by atoms with E-state index in [4.69, 9.17) is 0 Å². The van der Waals surface area contributed by atoms with Gasteiger partial charge in [-0.1, -0.05) is 12.2 Å². The Morgan fingerprint density at radius 2 is 1.96 bits per heavy atom. The molecular formula is C19H18N4O. The number of carbonyl (C=O) groups excluding carboxylic acids is 1. The Morgan fingerprint density at radius 3 is 2.71 bits per heavy atom. The van der Waals surface area contributed by atoms with Gasteiger partial charge in [0.1, 0.15) is 0 Å². The lowest BCUT2D eigenvalue weighted by Crippen LogP contribution is -2.35. The van der Waals surface area contributed by atoms with Crippen LogP contribution in [0.15, 0.2) is 68.2 Å². The molecule has 0 fully saturated rings. The van der Waals surface area contributed by atoms with E-state index in [1.807, 2.05) is 24.3 Å². The molecule has 0 aliphatic rings. The number of hydrogen-bond acceptors (Lipinski definition) is 3. The van der Waals surface area contributed by atoms with Gasteiger partial charge in [-0.2, -0.15) is 0 Å². The zero-order valence-electron chi connectivity index (χ0n) is 13.3. The summed E-state index contributed by atoms with van der Waals surface area (Å²) in [4.78, 5) is 22.8. The van der Waals surface area contributed by atoms with Gasteiger partial charge in [-0.05, 0) is 29.7 Å². The Morgan fingerprint density at radius 1 is 1.17 bits per heavy atom. The van der Waals surface area contributed by atoms with Crippen molar-refractivity contribution in [1.29, 1.82) is 0 Å². The van der Waals surface area contributed by atoms with Crippen LogP contribution in [0.4, 0.5) is 10.5 Å². The van der Waals surface area contributed by atoms with Crippen LogP contribution >= 0.6 is 0 Å². The first-order valence-corrected chi connectivity index (χ1v) is 7.63. The molecule has 0 radical (unpaired) electrons. The molecule has 5 heteroatoms. The molecule has 3 aromatic rings. The zero-order chi connectivity index (χ0) is 16.9. The predicted molar refractivity (Wildman–Crippen MR) is 98.0 cm³/mol. The maximum absolute atomic E-state index is 12.6. The Labute approximate surface area is 140 Å². The van der Waals surface area contributed by atoms with E-state index < -0.39 is 0 Å². The molecule has 120 valence electrons. The number of nitrogens with one attached hydrogen (secondary N) is 1. The number of pyridine rings is 2. The van der Waals surface area contributed by atoms with Crippen molar-refractivity contribution in [3.8, 4) is 0 Å². The molecule has 0 aliphatic heterocycles. The summed E-state index contributed by atoms with van der Waals surface area (Å²) in [6.45, 7) is 8.28. The fraction of sp³-hybridized carbons (Fsp3) is 0.105. The number of amides is 2. The number of carbonyl (C=O) groups is 1. The van der Waals surface area contributed by atoms with Crippen molar-refractivity contribution in [2.24, 2.45) is 0 Å². The topological polar surface area (TPSA) is 58.1 Å². The highest BCUT2D eigenvalue weighted by atomic mass is 16.2. The second-order valence-electron chi connectivity index (χ2n) is 5.33. The van der Waals surface area contributed by atoms with Crippen molar-refractivity contribution < 1.29 is 4.79 Å². The highest BCUT2D eigenvalue weighted by Gasteiger charge is 2.14. The fourth-order valence-corrected chi connectivity index (χ4v) is 2.65. The summed E-state index contributed by atoms with van der Waals surface area (Å²) in [7, 11) is 0. The fourth-order valence-electron chi connectivity index (χ4n) is 2.65. The third kappa shape index (κ3) is 2.96. The molecule has 3 rings (SSSR count). The number of urea groups is 1. The van der Waals surface area contributed by atoms with Gasteiger partial charge in [0, 0.05) is 42.5 Å². The number of aromatic nitrogens is 2. The molecule has 2 amide bonds. The first-order valence-electron chi connectivity index (χ1n) is 7.63. The van der Waals surface area contributed by atoms with Crippen LogP contribution in [0.2, 0.25) is 0 Å². The number of anilines is 1. The minimum Gasteiger partial charge on any atom is -0.317 e. The summed E-state index contributed by atoms with van der Waals surface area (Å²) in [6, 6.07) is 7.44. The van der Waals surface area contributed by atoms with Gasteiger partial charge in [-0.3, -0.25) is 9.97 Å². The van der Waals surface area contributed by atoms with Crippen LogP contribution in [-0.2, 0) is 0 Å². The number of rotatable bonds is 5. The molecule has 24 heavy (non-hydrogen) atoms. The predicted octanol–water partition coefficient (Wildman–Crippen LogP) is 3.99. The van der Waals surface area contributed by atoms with Gasteiger partial charge < -0.3 is 10.2 Å². The van der Waals surface area contributed by atoms with E-state index >= 15 is 0 Å². The van der Waals surface area contributed by atoms with E-state index in [0.29, 0.717) is 13.1 Å². The summed E-state index contributed by atoms with van der Waals surface area (Å²) >= 11 is 0. The molecule has 0 aliphatic carbocycles. The normalized spacial score (nSPS) is 10.5. The molecule has 5 nitrogen and oxygen atoms in total. The van der Waals surface area contributed by atoms with Crippen LogP contribution in [0, 0.1) is 0 Å². The van der Waals surface area contributed by atoms with E-state index in [2.05, 4.69) is 28.4 Å². The van der Waals surface area contributed by atoms with E-state index in [9.17, 15) is 4.79 Å². The molecule has 1 aromatic carbocycles. The van der Waals surface area contributed by atoms with Crippen molar-refractivity contribution in [2.45, 2.75) is 0 Å². The number of hydrogen-bond donors (Lipinski definition) is 1. The van der Waals surface area contributed by atoms with Gasteiger partial charge in [-0.15, -0.1) is 13.2 Å². The largest absolute Gasteiger partial charge is 0.322 e. The number of nitrogens with zero attached hydrogens (tertiary/aromatic N) is 3. The van der Waals surface area contributed by atoms with Crippen LogP contribution in [0.3, 0.4) is 0 Å². The summed E-state index contributed by atoms with van der Waals surface area (Å²) in [5, 5.41) is 5.79. The second kappa shape index (κ2) is 6.91. The molecule has 2 heterocycles. The summed E-state index contributed by atoms with van der Waals surface area (Å²) < 4.78 is 0. The lowest BCUT2D eigenvalue weighted by atomic mass is 10.1. The van der Waals surface area contributed by atoms with Crippen LogP contribution in [0.25, 0.3) is 21.7 Å². The minimum atomic E-state index is -0.201. The first-order chi connectivity index (χ1) is 11.7. The van der Waals surface area contributed by atoms with Crippen molar-refractivity contribution in [2.75, 3.05) is 18.4 Å². The summed E-state index contributed by atoms with van der Waals surface area (Å²) in [5.41, 5.74) is 1.54. The average Bonchev–Trinajstić information content (AvgIpc) is 2.61. The first kappa shape index (κ1) is 15.7. The van der Waals surface area contributed by atoms with Gasteiger partial charge >= 0.3 is 6.03 Å². The molecule has 0 atom stereocenters. The average molecular weight is 318 g/mol. The van der Waals surface area contributed by atoms with E-state index in [1.165, 1.54) is 0 Å². The van der Waals surface area contributed by atoms with Gasteiger partial charge in [0.2, 0.25) is 0 Å². The third-order valence-electron chi connectivity index (χ3n) is 3.74. The zero-order valence-corrected chi connectivity index (χ0v) is 13.3. The Bertz CT molecular complexity index is 910. The molecule has 0 spiro atoms.